The zero-order valence-electron chi connectivity index (χ0n) is 14.0. The number of hydrogen-bond donors (Lipinski definition) is 0. The minimum atomic E-state index is 0.752. The van der Waals surface area contributed by atoms with E-state index in [-0.39, 0.29) is 0 Å². The van der Waals surface area contributed by atoms with E-state index in [4.69, 9.17) is 10.1 Å². The third-order valence-corrected chi connectivity index (χ3v) is 6.26. The van der Waals surface area contributed by atoms with Crippen LogP contribution in [0.5, 0.6) is 0 Å². The molecule has 4 rings (SSSR count). The average molecular weight is 396 g/mol. The monoisotopic (exact) mass is 395 g/mol. The predicted octanol–water partition coefficient (Wildman–Crippen LogP) is 5.37. The highest BCUT2D eigenvalue weighted by molar-refractivity contribution is 7.14. The van der Waals surface area contributed by atoms with Crippen LogP contribution >= 0.6 is 34.0 Å². The molecule has 3 heterocycles. The van der Waals surface area contributed by atoms with Crippen molar-refractivity contribution in [3.8, 4) is 10.6 Å². The second-order valence-corrected chi connectivity index (χ2v) is 8.18. The van der Waals surface area contributed by atoms with E-state index in [0.717, 1.165) is 29.0 Å². The first-order valence-corrected chi connectivity index (χ1v) is 11.0. The number of rotatable bonds is 6. The number of nitrogens with zero attached hydrogens (tertiary/aromatic N) is 3. The number of thiazole rings is 1. The molecule has 6 heteroatoms. The van der Waals surface area contributed by atoms with E-state index in [1.54, 1.807) is 34.0 Å². The molecule has 0 aliphatic carbocycles. The molecule has 1 aromatic carbocycles. The molecule has 0 aliphatic rings. The Hall–Kier alpha value is -2.28. The molecule has 0 fully saturated rings. The fraction of sp³-hybridized carbons (Fsp3) is 0.100. The van der Waals surface area contributed by atoms with E-state index in [9.17, 15) is 0 Å². The molecule has 0 radical (unpaired) electrons. The molecule has 0 unspecified atom stereocenters. The second kappa shape index (κ2) is 8.40. The lowest BCUT2D eigenvalue weighted by Gasteiger charge is -2.01. The number of thiophene rings is 2. The third-order valence-electron chi connectivity index (χ3n) is 3.81. The van der Waals surface area contributed by atoms with Gasteiger partial charge >= 0.3 is 0 Å². The summed E-state index contributed by atoms with van der Waals surface area (Å²) >= 11 is 5.03. The van der Waals surface area contributed by atoms with Gasteiger partial charge in [-0.05, 0) is 40.3 Å². The molecule has 4 aromatic rings. The van der Waals surface area contributed by atoms with E-state index in [1.165, 1.54) is 10.4 Å². The van der Waals surface area contributed by atoms with Crippen LogP contribution in [-0.4, -0.2) is 17.4 Å². The van der Waals surface area contributed by atoms with Gasteiger partial charge < -0.3 is 0 Å². The summed E-state index contributed by atoms with van der Waals surface area (Å²) < 4.78 is 1.96. The van der Waals surface area contributed by atoms with E-state index >= 15 is 0 Å². The second-order valence-electron chi connectivity index (χ2n) is 5.61. The Kier molecular flexibility index (Phi) is 5.54. The molecule has 130 valence electrons. The van der Waals surface area contributed by atoms with Crippen LogP contribution in [0.3, 0.4) is 0 Å². The Labute approximate surface area is 164 Å². The zero-order chi connectivity index (χ0) is 17.6. The van der Waals surface area contributed by atoms with Crippen molar-refractivity contribution in [2.24, 2.45) is 10.1 Å². The molecule has 0 saturated heterocycles. The van der Waals surface area contributed by atoms with Gasteiger partial charge in [0.1, 0.15) is 0 Å². The van der Waals surface area contributed by atoms with Crippen LogP contribution in [0.25, 0.3) is 10.6 Å². The van der Waals surface area contributed by atoms with Gasteiger partial charge in [-0.25, -0.2) is 4.68 Å². The number of benzene rings is 1. The van der Waals surface area contributed by atoms with Gasteiger partial charge in [0, 0.05) is 17.5 Å². The van der Waals surface area contributed by atoms with Crippen molar-refractivity contribution in [1.29, 1.82) is 0 Å². The first-order chi connectivity index (χ1) is 12.9. The van der Waals surface area contributed by atoms with Crippen molar-refractivity contribution in [1.82, 2.24) is 4.68 Å². The van der Waals surface area contributed by atoms with Gasteiger partial charge in [-0.3, -0.25) is 4.99 Å². The van der Waals surface area contributed by atoms with Gasteiger partial charge in [0.2, 0.25) is 4.80 Å². The minimum absolute atomic E-state index is 0.752. The van der Waals surface area contributed by atoms with Crippen LogP contribution in [-0.2, 0) is 6.42 Å². The van der Waals surface area contributed by atoms with Crippen molar-refractivity contribution >= 4 is 40.2 Å². The van der Waals surface area contributed by atoms with Crippen molar-refractivity contribution in [2.45, 2.75) is 6.42 Å². The molecule has 3 nitrogen and oxygen atoms in total. The fourth-order valence-electron chi connectivity index (χ4n) is 2.51. The lowest BCUT2D eigenvalue weighted by molar-refractivity contribution is 0.818. The molecule has 0 N–H and O–H groups in total. The van der Waals surface area contributed by atoms with Crippen molar-refractivity contribution in [2.75, 3.05) is 6.54 Å². The van der Waals surface area contributed by atoms with Gasteiger partial charge in [-0.2, -0.15) is 16.4 Å². The van der Waals surface area contributed by atoms with Crippen LogP contribution in [0.1, 0.15) is 11.1 Å². The maximum Gasteiger partial charge on any atom is 0.206 e. The maximum absolute atomic E-state index is 4.81. The fourth-order valence-corrected chi connectivity index (χ4v) is 4.78. The summed E-state index contributed by atoms with van der Waals surface area (Å²) in [5.41, 5.74) is 3.51. The summed E-state index contributed by atoms with van der Waals surface area (Å²) in [5.74, 6) is 0. The summed E-state index contributed by atoms with van der Waals surface area (Å²) in [5, 5.41) is 13.1. The summed E-state index contributed by atoms with van der Waals surface area (Å²) in [7, 11) is 0. The van der Waals surface area contributed by atoms with E-state index < -0.39 is 0 Å². The maximum atomic E-state index is 4.81. The van der Waals surface area contributed by atoms with Gasteiger partial charge in [0.15, 0.2) is 0 Å². The van der Waals surface area contributed by atoms with Gasteiger partial charge in [0.05, 0.1) is 16.8 Å². The standard InChI is InChI=1S/C20H17N3S3/c1-2-5-16(6-3-1)8-10-21-20-23(22-13-17-9-12-24-14-17)18(15-26-20)19-7-4-11-25-19/h1-7,9,11-15H,8,10H2. The number of aromatic nitrogens is 1. The molecule has 0 amide bonds. The summed E-state index contributed by atoms with van der Waals surface area (Å²) in [6.07, 6.45) is 2.83. The highest BCUT2D eigenvalue weighted by Gasteiger charge is 2.08. The van der Waals surface area contributed by atoms with Gasteiger partial charge in [-0.1, -0.05) is 36.4 Å². The highest BCUT2D eigenvalue weighted by atomic mass is 32.1. The molecule has 3 aromatic heterocycles. The molecular weight excluding hydrogens is 378 g/mol. The molecule has 26 heavy (non-hydrogen) atoms. The number of hydrogen-bond acceptors (Lipinski definition) is 5. The van der Waals surface area contributed by atoms with Crippen LogP contribution < -0.4 is 4.80 Å². The minimum Gasteiger partial charge on any atom is -0.257 e. The first-order valence-electron chi connectivity index (χ1n) is 8.25. The lowest BCUT2D eigenvalue weighted by atomic mass is 10.2. The predicted molar refractivity (Wildman–Crippen MR) is 114 cm³/mol. The quantitative estimate of drug-likeness (QED) is 0.393. The molecule has 0 spiro atoms. The van der Waals surface area contributed by atoms with Gasteiger partial charge in [0.25, 0.3) is 0 Å². The van der Waals surface area contributed by atoms with Crippen molar-refractivity contribution in [3.05, 3.63) is 86.0 Å². The van der Waals surface area contributed by atoms with Crippen LogP contribution in [0.4, 0.5) is 0 Å². The molecular formula is C20H17N3S3. The summed E-state index contributed by atoms with van der Waals surface area (Å²) in [6, 6.07) is 16.7. The largest absolute Gasteiger partial charge is 0.257 e. The van der Waals surface area contributed by atoms with Crippen molar-refractivity contribution in [3.63, 3.8) is 0 Å². The zero-order valence-corrected chi connectivity index (χ0v) is 16.4. The van der Waals surface area contributed by atoms with E-state index in [0.29, 0.717) is 0 Å². The lowest BCUT2D eigenvalue weighted by Crippen LogP contribution is -2.13. The van der Waals surface area contributed by atoms with Gasteiger partial charge in [-0.15, -0.1) is 22.7 Å². The summed E-state index contributed by atoms with van der Waals surface area (Å²) in [4.78, 5) is 6.94. The third kappa shape index (κ3) is 4.09. The first kappa shape index (κ1) is 17.1. The van der Waals surface area contributed by atoms with E-state index in [2.05, 4.69) is 64.0 Å². The smallest absolute Gasteiger partial charge is 0.206 e. The molecule has 0 aliphatic heterocycles. The Morgan fingerprint density at radius 3 is 2.62 bits per heavy atom. The van der Waals surface area contributed by atoms with Crippen molar-refractivity contribution < 1.29 is 0 Å². The average Bonchev–Trinajstić information content (AvgIpc) is 3.42. The Balaban J connectivity index is 1.64. The van der Waals surface area contributed by atoms with Crippen LogP contribution in [0.2, 0.25) is 0 Å². The SMILES string of the molecule is C(=Nn1c(-c2cccs2)csc1=NCCc1ccccc1)c1ccsc1. The van der Waals surface area contributed by atoms with Crippen LogP contribution in [0, 0.1) is 0 Å². The Morgan fingerprint density at radius 1 is 0.923 bits per heavy atom. The Morgan fingerprint density at radius 2 is 1.85 bits per heavy atom. The van der Waals surface area contributed by atoms with Crippen LogP contribution in [0.15, 0.2) is 80.1 Å². The normalized spacial score (nSPS) is 12.2. The Bertz CT molecular complexity index is 1020. The highest BCUT2D eigenvalue weighted by Crippen LogP contribution is 2.25. The molecule has 0 bridgehead atoms. The summed E-state index contributed by atoms with van der Waals surface area (Å²) in [6.45, 7) is 0.752. The molecule has 0 saturated carbocycles. The topological polar surface area (TPSA) is 29.6 Å². The molecule has 0 atom stereocenters. The van der Waals surface area contributed by atoms with E-state index in [1.807, 2.05) is 17.0 Å².